The van der Waals surface area contributed by atoms with Gasteiger partial charge in [-0.05, 0) is 33.4 Å². The summed E-state index contributed by atoms with van der Waals surface area (Å²) in [5.74, 6) is 0. The summed E-state index contributed by atoms with van der Waals surface area (Å²) < 4.78 is 0.790. The van der Waals surface area contributed by atoms with E-state index in [1.807, 2.05) is 17.5 Å². The van der Waals surface area contributed by atoms with Gasteiger partial charge in [0.25, 0.3) is 0 Å². The van der Waals surface area contributed by atoms with E-state index in [1.165, 1.54) is 0 Å². The summed E-state index contributed by atoms with van der Waals surface area (Å²) in [6, 6.07) is 3.98. The van der Waals surface area contributed by atoms with Gasteiger partial charge in [0.05, 0.1) is 0 Å². The number of fused-ring (bicyclic) bond motifs is 1. The molecule has 0 spiro atoms. The molecule has 2 aromatic rings. The molecule has 50 valence electrons. The van der Waals surface area contributed by atoms with E-state index < -0.39 is 0 Å². The van der Waals surface area contributed by atoms with Gasteiger partial charge in [0.15, 0.2) is 0 Å². The monoisotopic (exact) mass is 214 g/mol. The third-order valence-corrected chi connectivity index (χ3v) is 2.39. The molecule has 2 nitrogen and oxygen atoms in total. The second kappa shape index (κ2) is 2.29. The third kappa shape index (κ3) is 0.932. The summed E-state index contributed by atoms with van der Waals surface area (Å²) >= 11 is 4.85. The number of hydrogen-bond donors (Lipinski definition) is 0. The molecule has 2 heterocycles. The maximum Gasteiger partial charge on any atom is 0.146 e. The normalized spacial score (nSPS) is 10.5. The highest BCUT2D eigenvalue weighted by Gasteiger charge is 1.95. The SMILES string of the molecule is Brc1cc2ccsc2nn1. The van der Waals surface area contributed by atoms with E-state index in [1.54, 1.807) is 11.3 Å². The van der Waals surface area contributed by atoms with Gasteiger partial charge in [-0.3, -0.25) is 0 Å². The predicted molar refractivity (Wildman–Crippen MR) is 45.1 cm³/mol. The molecule has 0 saturated heterocycles. The lowest BCUT2D eigenvalue weighted by Gasteiger charge is -1.86. The molecule has 2 aromatic heterocycles. The lowest BCUT2D eigenvalue weighted by atomic mass is 10.4. The van der Waals surface area contributed by atoms with Crippen molar-refractivity contribution in [2.45, 2.75) is 0 Å². The molecule has 2 rings (SSSR count). The lowest BCUT2D eigenvalue weighted by Crippen LogP contribution is -1.78. The predicted octanol–water partition coefficient (Wildman–Crippen LogP) is 2.45. The van der Waals surface area contributed by atoms with Crippen LogP contribution in [0, 0.1) is 0 Å². The average molecular weight is 215 g/mol. The summed E-state index contributed by atoms with van der Waals surface area (Å²) in [6.07, 6.45) is 0. The van der Waals surface area contributed by atoms with Crippen LogP contribution in [0.1, 0.15) is 0 Å². The van der Waals surface area contributed by atoms with Gasteiger partial charge in [-0.25, -0.2) is 0 Å². The van der Waals surface area contributed by atoms with Crippen LogP contribution in [0.3, 0.4) is 0 Å². The Hall–Kier alpha value is -0.480. The van der Waals surface area contributed by atoms with E-state index >= 15 is 0 Å². The van der Waals surface area contributed by atoms with Crippen LogP contribution in [0.5, 0.6) is 0 Å². The maximum absolute atomic E-state index is 3.96. The minimum Gasteiger partial charge on any atom is -0.142 e. The van der Waals surface area contributed by atoms with E-state index in [0.29, 0.717) is 0 Å². The topological polar surface area (TPSA) is 25.8 Å². The fourth-order valence-corrected chi connectivity index (χ4v) is 1.77. The fourth-order valence-electron chi connectivity index (χ4n) is 0.753. The van der Waals surface area contributed by atoms with E-state index in [2.05, 4.69) is 26.1 Å². The van der Waals surface area contributed by atoms with Crippen molar-refractivity contribution in [2.24, 2.45) is 0 Å². The molecule has 0 aliphatic heterocycles. The molecule has 0 aliphatic rings. The molecule has 4 heteroatoms. The van der Waals surface area contributed by atoms with Crippen molar-refractivity contribution in [3.63, 3.8) is 0 Å². The highest BCUT2D eigenvalue weighted by Crippen LogP contribution is 2.19. The van der Waals surface area contributed by atoms with Gasteiger partial charge in [-0.2, -0.15) is 0 Å². The quantitative estimate of drug-likeness (QED) is 0.674. The van der Waals surface area contributed by atoms with Crippen LogP contribution >= 0.6 is 27.3 Å². The molecular weight excluding hydrogens is 212 g/mol. The Morgan fingerprint density at radius 1 is 1.40 bits per heavy atom. The Balaban J connectivity index is 2.86. The first kappa shape index (κ1) is 6.24. The van der Waals surface area contributed by atoms with Crippen LogP contribution in [-0.4, -0.2) is 10.2 Å². The largest absolute Gasteiger partial charge is 0.146 e. The van der Waals surface area contributed by atoms with Crippen molar-refractivity contribution in [3.05, 3.63) is 22.1 Å². The third-order valence-electron chi connectivity index (χ3n) is 1.19. The smallest absolute Gasteiger partial charge is 0.142 e. The fraction of sp³-hybridized carbons (Fsp3) is 0. The molecule has 10 heavy (non-hydrogen) atoms. The molecule has 0 aliphatic carbocycles. The second-order valence-corrected chi connectivity index (χ2v) is 3.56. The Morgan fingerprint density at radius 2 is 2.30 bits per heavy atom. The number of thiophene rings is 1. The van der Waals surface area contributed by atoms with Gasteiger partial charge in [0, 0.05) is 5.39 Å². The standard InChI is InChI=1S/C6H3BrN2S/c7-5-3-4-1-2-10-6(4)9-8-5/h1-3H. The van der Waals surface area contributed by atoms with Crippen molar-refractivity contribution in [1.29, 1.82) is 0 Å². The first-order valence-corrected chi connectivity index (χ1v) is 4.40. The molecule has 0 N–H and O–H groups in total. The maximum atomic E-state index is 3.96. The van der Waals surface area contributed by atoms with Gasteiger partial charge >= 0.3 is 0 Å². The van der Waals surface area contributed by atoms with E-state index in [0.717, 1.165) is 14.8 Å². The molecule has 0 fully saturated rings. The molecule has 0 unspecified atom stereocenters. The number of halogens is 1. The van der Waals surface area contributed by atoms with Crippen LogP contribution in [0.25, 0.3) is 10.2 Å². The Bertz CT molecular complexity index is 357. The van der Waals surface area contributed by atoms with Gasteiger partial charge < -0.3 is 0 Å². The van der Waals surface area contributed by atoms with Crippen LogP contribution < -0.4 is 0 Å². The Labute approximate surface area is 70.0 Å². The van der Waals surface area contributed by atoms with Crippen LogP contribution in [0.4, 0.5) is 0 Å². The first-order valence-electron chi connectivity index (χ1n) is 2.73. The summed E-state index contributed by atoms with van der Waals surface area (Å²) in [7, 11) is 0. The Kier molecular flexibility index (Phi) is 1.43. The first-order chi connectivity index (χ1) is 4.86. The number of rotatable bonds is 0. The lowest BCUT2D eigenvalue weighted by molar-refractivity contribution is 1.06. The highest BCUT2D eigenvalue weighted by atomic mass is 79.9. The second-order valence-electron chi connectivity index (χ2n) is 1.85. The van der Waals surface area contributed by atoms with Crippen LogP contribution in [0.15, 0.2) is 22.1 Å². The van der Waals surface area contributed by atoms with Crippen LogP contribution in [0.2, 0.25) is 0 Å². The van der Waals surface area contributed by atoms with Crippen molar-refractivity contribution in [2.75, 3.05) is 0 Å². The van der Waals surface area contributed by atoms with E-state index in [4.69, 9.17) is 0 Å². The summed E-state index contributed by atoms with van der Waals surface area (Å²) in [6.45, 7) is 0. The summed E-state index contributed by atoms with van der Waals surface area (Å²) in [5, 5.41) is 11.0. The molecule has 0 radical (unpaired) electrons. The molecule has 0 atom stereocenters. The van der Waals surface area contributed by atoms with Crippen LogP contribution in [-0.2, 0) is 0 Å². The zero-order valence-electron chi connectivity index (χ0n) is 4.91. The summed E-state index contributed by atoms with van der Waals surface area (Å²) in [4.78, 5) is 0.989. The van der Waals surface area contributed by atoms with Gasteiger partial charge in [0.2, 0.25) is 0 Å². The number of hydrogen-bond acceptors (Lipinski definition) is 3. The zero-order chi connectivity index (χ0) is 6.97. The van der Waals surface area contributed by atoms with Gasteiger partial charge in [0.1, 0.15) is 9.43 Å². The molecular formula is C6H3BrN2S. The van der Waals surface area contributed by atoms with E-state index in [9.17, 15) is 0 Å². The van der Waals surface area contributed by atoms with Crippen molar-refractivity contribution in [3.8, 4) is 0 Å². The molecule has 0 amide bonds. The van der Waals surface area contributed by atoms with Gasteiger partial charge in [-0.15, -0.1) is 21.5 Å². The molecule has 0 bridgehead atoms. The minimum absolute atomic E-state index is 0.790. The highest BCUT2D eigenvalue weighted by molar-refractivity contribution is 9.10. The van der Waals surface area contributed by atoms with Crippen molar-refractivity contribution < 1.29 is 0 Å². The van der Waals surface area contributed by atoms with E-state index in [-0.39, 0.29) is 0 Å². The Morgan fingerprint density at radius 3 is 3.20 bits per heavy atom. The molecule has 0 aromatic carbocycles. The average Bonchev–Trinajstić information content (AvgIpc) is 2.33. The van der Waals surface area contributed by atoms with Crippen molar-refractivity contribution in [1.82, 2.24) is 10.2 Å². The zero-order valence-corrected chi connectivity index (χ0v) is 7.32. The number of aromatic nitrogens is 2. The van der Waals surface area contributed by atoms with Crippen molar-refractivity contribution >= 4 is 37.5 Å². The molecule has 0 saturated carbocycles. The van der Waals surface area contributed by atoms with Gasteiger partial charge in [-0.1, -0.05) is 0 Å². The number of nitrogens with zero attached hydrogens (tertiary/aromatic N) is 2. The minimum atomic E-state index is 0.790. The summed E-state index contributed by atoms with van der Waals surface area (Å²) in [5.41, 5.74) is 0.